The van der Waals surface area contributed by atoms with Gasteiger partial charge in [0, 0.05) is 0 Å². The van der Waals surface area contributed by atoms with Gasteiger partial charge in [0.15, 0.2) is 11.5 Å². The van der Waals surface area contributed by atoms with Crippen LogP contribution in [0.5, 0.6) is 34.5 Å². The van der Waals surface area contributed by atoms with E-state index in [0.717, 1.165) is 71.3 Å². The Kier molecular flexibility index (Phi) is 42.2. The summed E-state index contributed by atoms with van der Waals surface area (Å²) in [6.45, 7) is 8.66. The van der Waals surface area contributed by atoms with Crippen LogP contribution in [0.2, 0.25) is 0 Å². The van der Waals surface area contributed by atoms with E-state index in [-0.39, 0.29) is 35.1 Å². The molecule has 0 aliphatic carbocycles. The van der Waals surface area contributed by atoms with Gasteiger partial charge in [0.05, 0.1) is 58.7 Å². The SMILES string of the molecule is CCCCCCCCCCCCCCCCOc1ccc([Si](OCc2c([N+](=O)[O-])cc(OC)c(OC)c2OC)(c2ccc(OCCCCCCCCCCCCCCCC)cc2)c2ccc(OCCCCCCCCCCCCCCCC)cc2)cc1. The molecule has 0 unspecified atom stereocenters. The number of unbranched alkanes of at least 4 members (excludes halogenated alkanes) is 39. The lowest BCUT2D eigenvalue weighted by Gasteiger charge is -2.33. The normalized spacial score (nSPS) is 11.5. The van der Waals surface area contributed by atoms with Crippen LogP contribution >= 0.6 is 0 Å². The van der Waals surface area contributed by atoms with E-state index in [9.17, 15) is 10.1 Å². The highest BCUT2D eigenvalue weighted by Gasteiger charge is 2.43. The minimum atomic E-state index is -3.56. The largest absolute Gasteiger partial charge is 0.494 e. The predicted molar refractivity (Wildman–Crippen MR) is 369 cm³/mol. The number of benzene rings is 4. The van der Waals surface area contributed by atoms with Crippen molar-refractivity contribution in [3.05, 3.63) is 94.5 Å². The molecule has 0 bridgehead atoms. The van der Waals surface area contributed by atoms with Crippen LogP contribution in [-0.4, -0.2) is 54.4 Å². The molecule has 10 nitrogen and oxygen atoms in total. The summed E-state index contributed by atoms with van der Waals surface area (Å²) >= 11 is 0. The zero-order chi connectivity index (χ0) is 62.1. The Bertz CT molecular complexity index is 2100. The number of rotatable bonds is 58. The second-order valence-electron chi connectivity index (χ2n) is 24.8. The molecule has 0 aliphatic rings. The molecule has 0 saturated carbocycles. The molecule has 87 heavy (non-hydrogen) atoms. The van der Waals surface area contributed by atoms with Gasteiger partial charge in [-0.15, -0.1) is 0 Å². The molecule has 0 radical (unpaired) electrons. The average Bonchev–Trinajstić information content (AvgIpc) is 0.839. The molecular weight excluding hydrogens is 1100 g/mol. The third-order valence-electron chi connectivity index (χ3n) is 17.6. The summed E-state index contributed by atoms with van der Waals surface area (Å²) in [5.41, 5.74) is 0.0746. The number of nitro benzene ring substituents is 1. The molecule has 4 aromatic carbocycles. The van der Waals surface area contributed by atoms with Crippen molar-refractivity contribution in [2.24, 2.45) is 0 Å². The molecule has 0 fully saturated rings. The Morgan fingerprint density at radius 3 is 0.828 bits per heavy atom. The third-order valence-corrected chi connectivity index (χ3v) is 21.6. The monoisotopic (exact) mass is 1220 g/mol. The number of hydrogen-bond donors (Lipinski definition) is 0. The topological polar surface area (TPSA) is 108 Å². The number of ether oxygens (including phenoxy) is 6. The van der Waals surface area contributed by atoms with Gasteiger partial charge in [0.1, 0.15) is 22.8 Å². The molecule has 4 aromatic rings. The van der Waals surface area contributed by atoms with Gasteiger partial charge < -0.3 is 32.8 Å². The smallest absolute Gasteiger partial charge is 0.288 e. The predicted octanol–water partition coefficient (Wildman–Crippen LogP) is 21.4. The van der Waals surface area contributed by atoms with Crippen molar-refractivity contribution in [1.82, 2.24) is 0 Å². The van der Waals surface area contributed by atoms with Crippen molar-refractivity contribution in [2.75, 3.05) is 41.2 Å². The number of nitro groups is 1. The molecule has 0 aliphatic heterocycles. The van der Waals surface area contributed by atoms with E-state index in [2.05, 4.69) is 57.2 Å². The number of hydrogen-bond acceptors (Lipinski definition) is 9. The Morgan fingerprint density at radius 1 is 0.345 bits per heavy atom. The molecular formula is C76H123NO9Si. The Morgan fingerprint density at radius 2 is 0.598 bits per heavy atom. The highest BCUT2D eigenvalue weighted by Crippen LogP contribution is 2.45. The Balaban J connectivity index is 1.50. The summed E-state index contributed by atoms with van der Waals surface area (Å²) in [7, 11) is 0.894. The first-order valence-electron chi connectivity index (χ1n) is 35.7. The van der Waals surface area contributed by atoms with Gasteiger partial charge in [0.25, 0.3) is 14.0 Å². The second kappa shape index (κ2) is 49.1. The lowest BCUT2D eigenvalue weighted by molar-refractivity contribution is -0.386. The van der Waals surface area contributed by atoms with E-state index in [1.54, 1.807) is 0 Å². The summed E-state index contributed by atoms with van der Waals surface area (Å²) in [5, 5.41) is 15.8. The van der Waals surface area contributed by atoms with E-state index in [1.807, 2.05) is 36.4 Å². The molecule has 0 heterocycles. The van der Waals surface area contributed by atoms with Gasteiger partial charge in [-0.1, -0.05) is 308 Å². The van der Waals surface area contributed by atoms with E-state index < -0.39 is 13.2 Å². The lowest BCUT2D eigenvalue weighted by atomic mass is 10.0. The fourth-order valence-electron chi connectivity index (χ4n) is 12.3. The van der Waals surface area contributed by atoms with Crippen LogP contribution in [0.25, 0.3) is 0 Å². The average molecular weight is 1220 g/mol. The standard InChI is InChI=1S/C76H123NO9Si/c1-7-10-13-16-19-22-25-28-31-34-37-40-43-46-61-83-66-49-55-69(56-50-66)87(86-65-72-73(77(78)79)64-74(80-4)76(82-6)75(72)81-5,70-57-51-67(52-58-70)84-62-47-44-41-38-35-32-29-26-23-20-17-14-11-8-2)71-59-53-68(54-60-71)85-63-48-45-42-39-36-33-30-27-24-21-18-15-12-9-3/h49-60,64H,7-48,61-63,65H2,1-6H3. The Hall–Kier alpha value is -4.74. The summed E-state index contributed by atoms with van der Waals surface area (Å²) in [4.78, 5) is 12.5. The minimum Gasteiger partial charge on any atom is -0.494 e. The Labute approximate surface area is 532 Å². The first kappa shape index (κ1) is 74.7. The van der Waals surface area contributed by atoms with Crippen molar-refractivity contribution in [2.45, 2.75) is 297 Å². The maximum Gasteiger partial charge on any atom is 0.288 e. The van der Waals surface area contributed by atoms with Gasteiger partial charge in [-0.2, -0.15) is 0 Å². The summed E-state index contributed by atoms with van der Waals surface area (Å²) in [6.07, 6.45) is 55.2. The fraction of sp³-hybridized carbons (Fsp3) is 0.684. The van der Waals surface area contributed by atoms with Crippen LogP contribution < -0.4 is 44.0 Å². The first-order chi connectivity index (χ1) is 42.9. The summed E-state index contributed by atoms with van der Waals surface area (Å²) in [5.74, 6) is 3.05. The fourth-order valence-corrected chi connectivity index (χ4v) is 16.0. The number of nitrogens with zero attached hydrogens (tertiary/aromatic N) is 1. The van der Waals surface area contributed by atoms with Crippen LogP contribution in [0.3, 0.4) is 0 Å². The van der Waals surface area contributed by atoms with E-state index in [0.29, 0.717) is 19.8 Å². The van der Waals surface area contributed by atoms with Crippen LogP contribution in [0.1, 0.15) is 296 Å². The summed E-state index contributed by atoms with van der Waals surface area (Å²) in [6, 6.07) is 26.4. The van der Waals surface area contributed by atoms with Gasteiger partial charge >= 0.3 is 0 Å². The quantitative estimate of drug-likeness (QED) is 0.0140. The van der Waals surface area contributed by atoms with Crippen molar-refractivity contribution in [1.29, 1.82) is 0 Å². The van der Waals surface area contributed by atoms with Gasteiger partial charge in [-0.3, -0.25) is 10.1 Å². The first-order valence-corrected chi connectivity index (χ1v) is 37.6. The highest BCUT2D eigenvalue weighted by molar-refractivity contribution is 7.07. The molecule has 0 amide bonds. The van der Waals surface area contributed by atoms with E-state index >= 15 is 0 Å². The molecule has 4 rings (SSSR count). The van der Waals surface area contributed by atoms with Crippen molar-refractivity contribution < 1.29 is 37.8 Å². The zero-order valence-corrected chi connectivity index (χ0v) is 57.2. The zero-order valence-electron chi connectivity index (χ0n) is 56.2. The molecule has 0 saturated heterocycles. The summed E-state index contributed by atoms with van der Waals surface area (Å²) < 4.78 is 44.0. The molecule has 11 heteroatoms. The van der Waals surface area contributed by atoms with E-state index in [4.69, 9.17) is 32.8 Å². The maximum atomic E-state index is 12.9. The van der Waals surface area contributed by atoms with Crippen molar-refractivity contribution >= 4 is 29.6 Å². The van der Waals surface area contributed by atoms with Crippen molar-refractivity contribution in [3.8, 4) is 34.5 Å². The molecule has 0 aromatic heterocycles. The lowest BCUT2D eigenvalue weighted by Crippen LogP contribution is -2.69. The van der Waals surface area contributed by atoms with Crippen LogP contribution in [-0.2, 0) is 11.0 Å². The molecule has 0 atom stereocenters. The van der Waals surface area contributed by atoms with Crippen molar-refractivity contribution in [3.63, 3.8) is 0 Å². The van der Waals surface area contributed by atoms with Crippen LogP contribution in [0.4, 0.5) is 5.69 Å². The van der Waals surface area contributed by atoms with Gasteiger partial charge in [0.2, 0.25) is 5.75 Å². The second-order valence-corrected chi connectivity index (χ2v) is 28.2. The van der Waals surface area contributed by atoms with Crippen LogP contribution in [0.15, 0.2) is 78.9 Å². The van der Waals surface area contributed by atoms with Gasteiger partial charge in [-0.25, -0.2) is 0 Å². The van der Waals surface area contributed by atoms with Gasteiger partial charge in [-0.05, 0) is 71.2 Å². The van der Waals surface area contributed by atoms with Crippen LogP contribution in [0, 0.1) is 10.1 Å². The maximum absolute atomic E-state index is 12.9. The highest BCUT2D eigenvalue weighted by atomic mass is 28.4. The molecule has 0 N–H and O–H groups in total. The molecule has 0 spiro atoms. The van der Waals surface area contributed by atoms with E-state index in [1.165, 1.54) is 259 Å². The number of methoxy groups -OCH3 is 3. The third kappa shape index (κ3) is 30.1. The minimum absolute atomic E-state index is 0.155. The molecule has 490 valence electrons.